The van der Waals surface area contributed by atoms with Crippen molar-refractivity contribution in [2.45, 2.75) is 6.61 Å². The lowest BCUT2D eigenvalue weighted by molar-refractivity contribution is 0.301. The average Bonchev–Trinajstić information content (AvgIpc) is 2.82. The van der Waals surface area contributed by atoms with E-state index in [9.17, 15) is 0 Å². The van der Waals surface area contributed by atoms with Crippen LogP contribution < -0.4 is 15.2 Å². The van der Waals surface area contributed by atoms with Crippen LogP contribution in [0.5, 0.6) is 11.5 Å². The number of nitrogens with two attached hydrogens (primary N) is 1. The molecule has 2 N–H and O–H groups in total. The summed E-state index contributed by atoms with van der Waals surface area (Å²) in [7, 11) is 3.52. The molecule has 0 spiro atoms. The van der Waals surface area contributed by atoms with E-state index in [-0.39, 0.29) is 0 Å². The molecule has 0 aliphatic rings. The van der Waals surface area contributed by atoms with Crippen LogP contribution in [0, 0.1) is 0 Å². The molecule has 3 rings (SSSR count). The van der Waals surface area contributed by atoms with E-state index >= 15 is 0 Å². The zero-order valence-electron chi connectivity index (χ0n) is 12.0. The van der Waals surface area contributed by atoms with Crippen molar-refractivity contribution < 1.29 is 9.47 Å². The summed E-state index contributed by atoms with van der Waals surface area (Å²) in [5.74, 6) is 1.34. The van der Waals surface area contributed by atoms with Crippen LogP contribution in [0.1, 0.15) is 5.69 Å². The van der Waals surface area contributed by atoms with Crippen LogP contribution in [0.25, 0.3) is 10.9 Å². The van der Waals surface area contributed by atoms with Gasteiger partial charge >= 0.3 is 0 Å². The number of aryl methyl sites for hydroxylation is 1. The number of para-hydroxylation sites is 1. The van der Waals surface area contributed by atoms with Gasteiger partial charge in [-0.05, 0) is 18.2 Å². The van der Waals surface area contributed by atoms with Crippen molar-refractivity contribution in [1.29, 1.82) is 0 Å². The lowest BCUT2D eigenvalue weighted by atomic mass is 10.2. The molecule has 1 aromatic heterocycles. The van der Waals surface area contributed by atoms with Crippen LogP contribution in [0.4, 0.5) is 5.69 Å². The van der Waals surface area contributed by atoms with Crippen molar-refractivity contribution in [3.8, 4) is 11.5 Å². The number of ether oxygens (including phenoxy) is 2. The summed E-state index contributed by atoms with van der Waals surface area (Å²) in [6, 6.07) is 13.5. The third-order valence-electron chi connectivity index (χ3n) is 3.41. The van der Waals surface area contributed by atoms with Gasteiger partial charge in [0.25, 0.3) is 0 Å². The Morgan fingerprint density at radius 3 is 2.76 bits per heavy atom. The van der Waals surface area contributed by atoms with Gasteiger partial charge in [0.1, 0.15) is 23.8 Å². The highest BCUT2D eigenvalue weighted by Gasteiger charge is 2.09. The quantitative estimate of drug-likeness (QED) is 0.748. The Kier molecular flexibility index (Phi) is 3.39. The number of nitrogens with zero attached hydrogens (tertiary/aromatic N) is 2. The molecule has 0 saturated carbocycles. The van der Waals surface area contributed by atoms with Crippen molar-refractivity contribution in [2.24, 2.45) is 7.05 Å². The molecule has 1 heterocycles. The molecule has 0 fully saturated rings. The van der Waals surface area contributed by atoms with Crippen LogP contribution >= 0.6 is 0 Å². The SMILES string of the molecule is COc1ccc(OCc2nn(C)c3ccccc23)cc1N. The Bertz CT molecular complexity index is 780. The summed E-state index contributed by atoms with van der Waals surface area (Å²) in [5.41, 5.74) is 8.42. The van der Waals surface area contributed by atoms with Gasteiger partial charge in [0.05, 0.1) is 18.3 Å². The number of benzene rings is 2. The number of hydrogen-bond acceptors (Lipinski definition) is 4. The predicted octanol–water partition coefficient (Wildman–Crippen LogP) is 2.74. The minimum atomic E-state index is 0.396. The van der Waals surface area contributed by atoms with Gasteiger partial charge in [-0.1, -0.05) is 18.2 Å². The van der Waals surface area contributed by atoms with E-state index in [0.717, 1.165) is 16.6 Å². The number of hydrogen-bond donors (Lipinski definition) is 1. The molecule has 0 bridgehead atoms. The van der Waals surface area contributed by atoms with Crippen LogP contribution in [-0.2, 0) is 13.7 Å². The summed E-state index contributed by atoms with van der Waals surface area (Å²) >= 11 is 0. The van der Waals surface area contributed by atoms with Gasteiger partial charge in [0.2, 0.25) is 0 Å². The Hall–Kier alpha value is -2.69. The van der Waals surface area contributed by atoms with Gasteiger partial charge < -0.3 is 15.2 Å². The van der Waals surface area contributed by atoms with Crippen molar-refractivity contribution in [3.05, 3.63) is 48.2 Å². The second-order valence-electron chi connectivity index (χ2n) is 4.78. The Balaban J connectivity index is 1.82. The van der Waals surface area contributed by atoms with Crippen LogP contribution in [0.2, 0.25) is 0 Å². The average molecular weight is 283 g/mol. The smallest absolute Gasteiger partial charge is 0.142 e. The maximum atomic E-state index is 5.87. The van der Waals surface area contributed by atoms with Gasteiger partial charge in [0, 0.05) is 18.5 Å². The maximum Gasteiger partial charge on any atom is 0.142 e. The largest absolute Gasteiger partial charge is 0.495 e. The Morgan fingerprint density at radius 1 is 1.19 bits per heavy atom. The highest BCUT2D eigenvalue weighted by atomic mass is 16.5. The van der Waals surface area contributed by atoms with E-state index in [4.69, 9.17) is 15.2 Å². The molecule has 0 aliphatic carbocycles. The normalized spacial score (nSPS) is 10.8. The number of anilines is 1. The lowest BCUT2D eigenvalue weighted by Crippen LogP contribution is -1.99. The van der Waals surface area contributed by atoms with Gasteiger partial charge in [0.15, 0.2) is 0 Å². The maximum absolute atomic E-state index is 5.87. The summed E-state index contributed by atoms with van der Waals surface area (Å²) in [5, 5.41) is 5.60. The van der Waals surface area contributed by atoms with E-state index in [1.165, 1.54) is 0 Å². The lowest BCUT2D eigenvalue weighted by Gasteiger charge is -2.08. The van der Waals surface area contributed by atoms with Crippen molar-refractivity contribution in [1.82, 2.24) is 9.78 Å². The number of methoxy groups -OCH3 is 1. The van der Waals surface area contributed by atoms with Crippen LogP contribution in [0.15, 0.2) is 42.5 Å². The molecule has 0 radical (unpaired) electrons. The highest BCUT2D eigenvalue weighted by Crippen LogP contribution is 2.27. The molecule has 2 aromatic carbocycles. The Morgan fingerprint density at radius 2 is 2.00 bits per heavy atom. The molecule has 0 atom stereocenters. The second kappa shape index (κ2) is 5.36. The second-order valence-corrected chi connectivity index (χ2v) is 4.78. The van der Waals surface area contributed by atoms with Crippen LogP contribution in [0.3, 0.4) is 0 Å². The van der Waals surface area contributed by atoms with E-state index in [2.05, 4.69) is 5.10 Å². The minimum absolute atomic E-state index is 0.396. The van der Waals surface area contributed by atoms with Crippen molar-refractivity contribution >= 4 is 16.6 Å². The standard InChI is InChI=1S/C16H17N3O2/c1-19-15-6-4-3-5-12(15)14(18-19)10-21-11-7-8-16(20-2)13(17)9-11/h3-9H,10,17H2,1-2H3. The van der Waals surface area contributed by atoms with Gasteiger partial charge in [-0.25, -0.2) is 0 Å². The molecule has 5 nitrogen and oxygen atoms in total. The third kappa shape index (κ3) is 2.50. The van der Waals surface area contributed by atoms with E-state index in [1.807, 2.05) is 42.1 Å². The Labute approximate surface area is 122 Å². The van der Waals surface area contributed by atoms with Crippen molar-refractivity contribution in [3.63, 3.8) is 0 Å². The zero-order chi connectivity index (χ0) is 14.8. The molecular formula is C16H17N3O2. The first kappa shape index (κ1) is 13.3. The molecular weight excluding hydrogens is 266 g/mol. The van der Waals surface area contributed by atoms with Crippen LogP contribution in [-0.4, -0.2) is 16.9 Å². The molecule has 0 saturated heterocycles. The highest BCUT2D eigenvalue weighted by molar-refractivity contribution is 5.81. The zero-order valence-corrected chi connectivity index (χ0v) is 12.0. The number of nitrogen functional groups attached to an aromatic ring is 1. The fourth-order valence-electron chi connectivity index (χ4n) is 2.35. The van der Waals surface area contributed by atoms with Gasteiger partial charge in [-0.3, -0.25) is 4.68 Å². The van der Waals surface area contributed by atoms with E-state index < -0.39 is 0 Å². The summed E-state index contributed by atoms with van der Waals surface area (Å²) in [4.78, 5) is 0. The van der Waals surface area contributed by atoms with Gasteiger partial charge in [-0.15, -0.1) is 0 Å². The topological polar surface area (TPSA) is 62.3 Å². The van der Waals surface area contributed by atoms with Crippen molar-refractivity contribution in [2.75, 3.05) is 12.8 Å². The fourth-order valence-corrected chi connectivity index (χ4v) is 2.35. The molecule has 0 unspecified atom stereocenters. The molecule has 5 heteroatoms. The summed E-state index contributed by atoms with van der Waals surface area (Å²) < 4.78 is 12.8. The molecule has 0 amide bonds. The minimum Gasteiger partial charge on any atom is -0.495 e. The first-order valence-corrected chi connectivity index (χ1v) is 6.66. The monoisotopic (exact) mass is 283 g/mol. The molecule has 3 aromatic rings. The van der Waals surface area contributed by atoms with E-state index in [1.54, 1.807) is 19.2 Å². The van der Waals surface area contributed by atoms with E-state index in [0.29, 0.717) is 23.8 Å². The molecule has 21 heavy (non-hydrogen) atoms. The predicted molar refractivity (Wildman–Crippen MR) is 82.5 cm³/mol. The molecule has 108 valence electrons. The fraction of sp³-hybridized carbons (Fsp3) is 0.188. The molecule has 0 aliphatic heterocycles. The third-order valence-corrected chi connectivity index (χ3v) is 3.41. The number of rotatable bonds is 4. The van der Waals surface area contributed by atoms with Gasteiger partial charge in [-0.2, -0.15) is 5.10 Å². The number of aromatic nitrogens is 2. The first-order chi connectivity index (χ1) is 10.2. The number of fused-ring (bicyclic) bond motifs is 1. The summed E-state index contributed by atoms with van der Waals surface area (Å²) in [6.07, 6.45) is 0. The summed E-state index contributed by atoms with van der Waals surface area (Å²) in [6.45, 7) is 0.396. The first-order valence-electron chi connectivity index (χ1n) is 6.66.